The third kappa shape index (κ3) is 2.23. The predicted molar refractivity (Wildman–Crippen MR) is 60.1 cm³/mol. The minimum absolute atomic E-state index is 0.121. The molecular formula is C12H21NO3. The fourth-order valence-corrected chi connectivity index (χ4v) is 3.12. The normalized spacial score (nSPS) is 35.3. The molecule has 2 N–H and O–H groups in total. The number of hydrogen-bond acceptors (Lipinski definition) is 3. The third-order valence-corrected chi connectivity index (χ3v) is 4.00. The molecule has 1 saturated heterocycles. The zero-order chi connectivity index (χ0) is 11.9. The maximum Gasteiger partial charge on any atom is 0.310 e. The summed E-state index contributed by atoms with van der Waals surface area (Å²) in [4.78, 5) is 13.3. The van der Waals surface area contributed by atoms with Gasteiger partial charge in [0.15, 0.2) is 0 Å². The Hall–Kier alpha value is -0.610. The predicted octanol–water partition coefficient (Wildman–Crippen LogP) is 0.800. The quantitative estimate of drug-likeness (QED) is 0.748. The van der Waals surface area contributed by atoms with Crippen LogP contribution in [0.2, 0.25) is 0 Å². The van der Waals surface area contributed by atoms with Gasteiger partial charge in [0.25, 0.3) is 0 Å². The molecule has 0 amide bonds. The average Bonchev–Trinajstić information content (AvgIpc) is 2.59. The fraction of sp³-hybridized carbons (Fsp3) is 0.917. The van der Waals surface area contributed by atoms with Gasteiger partial charge in [-0.15, -0.1) is 0 Å². The van der Waals surface area contributed by atoms with Crippen LogP contribution in [0.3, 0.4) is 0 Å². The van der Waals surface area contributed by atoms with E-state index in [0.29, 0.717) is 18.4 Å². The van der Waals surface area contributed by atoms with Crippen molar-refractivity contribution in [3.8, 4) is 0 Å². The zero-order valence-corrected chi connectivity index (χ0v) is 10.0. The molecule has 1 aliphatic carbocycles. The molecule has 2 unspecified atom stereocenters. The highest BCUT2D eigenvalue weighted by atomic mass is 16.4. The van der Waals surface area contributed by atoms with Crippen LogP contribution in [-0.4, -0.2) is 46.8 Å². The van der Waals surface area contributed by atoms with Crippen molar-refractivity contribution in [2.24, 2.45) is 17.3 Å². The summed E-state index contributed by atoms with van der Waals surface area (Å²) in [7, 11) is 0. The Morgan fingerprint density at radius 2 is 1.81 bits per heavy atom. The molecular weight excluding hydrogens is 206 g/mol. The summed E-state index contributed by atoms with van der Waals surface area (Å²) in [6.45, 7) is 6.08. The van der Waals surface area contributed by atoms with Gasteiger partial charge in [-0.2, -0.15) is 0 Å². The van der Waals surface area contributed by atoms with Crippen LogP contribution >= 0.6 is 0 Å². The molecule has 0 radical (unpaired) electrons. The molecule has 0 bridgehead atoms. The lowest BCUT2D eigenvalue weighted by molar-refractivity contribution is -0.147. The van der Waals surface area contributed by atoms with Crippen molar-refractivity contribution in [1.82, 2.24) is 4.90 Å². The first-order valence-corrected chi connectivity index (χ1v) is 6.02. The first-order valence-electron chi connectivity index (χ1n) is 6.02. The van der Waals surface area contributed by atoms with E-state index in [2.05, 4.69) is 4.90 Å². The first-order chi connectivity index (χ1) is 7.38. The first kappa shape index (κ1) is 11.9. The Labute approximate surface area is 96.3 Å². The molecule has 2 atom stereocenters. The van der Waals surface area contributed by atoms with Crippen molar-refractivity contribution in [3.05, 3.63) is 0 Å². The number of rotatable bonds is 3. The second-order valence-electron chi connectivity index (χ2n) is 6.03. The topological polar surface area (TPSA) is 60.8 Å². The van der Waals surface area contributed by atoms with Gasteiger partial charge in [-0.3, -0.25) is 4.79 Å². The van der Waals surface area contributed by atoms with Crippen molar-refractivity contribution in [2.45, 2.75) is 32.8 Å². The number of likely N-dealkylation sites (tertiary alicyclic amines) is 1. The van der Waals surface area contributed by atoms with Crippen LogP contribution in [-0.2, 0) is 4.79 Å². The zero-order valence-electron chi connectivity index (χ0n) is 10.0. The van der Waals surface area contributed by atoms with Gasteiger partial charge < -0.3 is 15.1 Å². The Morgan fingerprint density at radius 3 is 2.25 bits per heavy atom. The van der Waals surface area contributed by atoms with Gasteiger partial charge in [-0.1, -0.05) is 0 Å². The number of aliphatic hydroxyl groups is 1. The molecule has 4 nitrogen and oxygen atoms in total. The Bertz CT molecular complexity index is 276. The second-order valence-corrected chi connectivity index (χ2v) is 6.03. The Morgan fingerprint density at radius 1 is 1.31 bits per heavy atom. The maximum absolute atomic E-state index is 11.0. The van der Waals surface area contributed by atoms with Crippen LogP contribution in [0.4, 0.5) is 0 Å². The number of carbonyl (C=O) groups is 1. The van der Waals surface area contributed by atoms with Crippen LogP contribution < -0.4 is 0 Å². The van der Waals surface area contributed by atoms with E-state index in [0.717, 1.165) is 25.9 Å². The number of aliphatic carboxylic acids is 1. The molecule has 4 heteroatoms. The molecule has 0 aromatic carbocycles. The molecule has 1 aliphatic heterocycles. The van der Waals surface area contributed by atoms with E-state index in [1.54, 1.807) is 13.8 Å². The van der Waals surface area contributed by atoms with Crippen LogP contribution in [0.5, 0.6) is 0 Å². The summed E-state index contributed by atoms with van der Waals surface area (Å²) in [6.07, 6.45) is 1.67. The Balaban J connectivity index is 1.89. The second kappa shape index (κ2) is 4.00. The number of nitrogens with zero attached hydrogens (tertiary/aromatic N) is 1. The van der Waals surface area contributed by atoms with E-state index in [9.17, 15) is 9.90 Å². The van der Waals surface area contributed by atoms with Crippen molar-refractivity contribution in [3.63, 3.8) is 0 Å². The summed E-state index contributed by atoms with van der Waals surface area (Å²) in [6, 6.07) is 0. The molecule has 2 rings (SSSR count). The van der Waals surface area contributed by atoms with Crippen LogP contribution in [0.15, 0.2) is 0 Å². The van der Waals surface area contributed by atoms with Gasteiger partial charge in [0.1, 0.15) is 0 Å². The SMILES string of the molecule is CC(C)(CN1CC2CC(O)CC2C1)C(=O)O. The monoisotopic (exact) mass is 227 g/mol. The summed E-state index contributed by atoms with van der Waals surface area (Å²) in [5.41, 5.74) is -0.669. The molecule has 2 aliphatic rings. The van der Waals surface area contributed by atoms with Gasteiger partial charge in [-0.25, -0.2) is 0 Å². The van der Waals surface area contributed by atoms with E-state index < -0.39 is 11.4 Å². The fourth-order valence-electron chi connectivity index (χ4n) is 3.12. The van der Waals surface area contributed by atoms with Crippen molar-refractivity contribution in [2.75, 3.05) is 19.6 Å². The van der Waals surface area contributed by atoms with Crippen LogP contribution in [0.25, 0.3) is 0 Å². The lowest BCUT2D eigenvalue weighted by Gasteiger charge is -2.27. The largest absolute Gasteiger partial charge is 0.481 e. The highest BCUT2D eigenvalue weighted by Gasteiger charge is 2.42. The van der Waals surface area contributed by atoms with E-state index in [-0.39, 0.29) is 6.10 Å². The summed E-state index contributed by atoms with van der Waals surface area (Å²) in [5, 5.41) is 18.6. The number of fused-ring (bicyclic) bond motifs is 1. The lowest BCUT2D eigenvalue weighted by Crippen LogP contribution is -2.38. The molecule has 0 spiro atoms. The van der Waals surface area contributed by atoms with Gasteiger partial charge in [0, 0.05) is 19.6 Å². The minimum atomic E-state index is -0.732. The molecule has 1 heterocycles. The summed E-state index contributed by atoms with van der Waals surface area (Å²) < 4.78 is 0. The standard InChI is InChI=1S/C12H21NO3/c1-12(2,11(15)16)7-13-5-8-3-10(14)4-9(8)6-13/h8-10,14H,3-7H2,1-2H3,(H,15,16). The Kier molecular flexibility index (Phi) is 2.97. The van der Waals surface area contributed by atoms with Crippen molar-refractivity contribution < 1.29 is 15.0 Å². The van der Waals surface area contributed by atoms with E-state index in [1.165, 1.54) is 0 Å². The molecule has 0 aromatic rings. The van der Waals surface area contributed by atoms with Gasteiger partial charge in [0.05, 0.1) is 11.5 Å². The number of aliphatic hydroxyl groups excluding tert-OH is 1. The maximum atomic E-state index is 11.0. The number of carboxylic acids is 1. The van der Waals surface area contributed by atoms with Crippen LogP contribution in [0.1, 0.15) is 26.7 Å². The third-order valence-electron chi connectivity index (χ3n) is 4.00. The van der Waals surface area contributed by atoms with E-state index >= 15 is 0 Å². The van der Waals surface area contributed by atoms with Gasteiger partial charge in [0.2, 0.25) is 0 Å². The molecule has 16 heavy (non-hydrogen) atoms. The molecule has 2 fully saturated rings. The van der Waals surface area contributed by atoms with Crippen molar-refractivity contribution in [1.29, 1.82) is 0 Å². The van der Waals surface area contributed by atoms with Gasteiger partial charge >= 0.3 is 5.97 Å². The number of hydrogen-bond donors (Lipinski definition) is 2. The van der Waals surface area contributed by atoms with Crippen molar-refractivity contribution >= 4 is 5.97 Å². The lowest BCUT2D eigenvalue weighted by atomic mass is 9.93. The summed E-state index contributed by atoms with van der Waals surface area (Å²) in [5.74, 6) is 0.434. The average molecular weight is 227 g/mol. The smallest absolute Gasteiger partial charge is 0.310 e. The number of carboxylic acid groups (broad SMARTS) is 1. The molecule has 1 saturated carbocycles. The van der Waals surface area contributed by atoms with E-state index in [4.69, 9.17) is 5.11 Å². The van der Waals surface area contributed by atoms with Crippen LogP contribution in [0, 0.1) is 17.3 Å². The molecule has 0 aromatic heterocycles. The minimum Gasteiger partial charge on any atom is -0.481 e. The highest BCUT2D eigenvalue weighted by molar-refractivity contribution is 5.73. The van der Waals surface area contributed by atoms with E-state index in [1.807, 2.05) is 0 Å². The van der Waals surface area contributed by atoms with Gasteiger partial charge in [-0.05, 0) is 38.5 Å². The summed E-state index contributed by atoms with van der Waals surface area (Å²) >= 11 is 0. The molecule has 92 valence electrons. The highest BCUT2D eigenvalue weighted by Crippen LogP contribution is 2.38.